The average Bonchev–Trinajstić information content (AvgIpc) is 2.79. The number of esters is 1. The number of aromatic hydroxyl groups is 2. The van der Waals surface area contributed by atoms with E-state index in [0.29, 0.717) is 16.9 Å². The molecule has 7 nitrogen and oxygen atoms in total. The molecule has 0 radical (unpaired) electrons. The summed E-state index contributed by atoms with van der Waals surface area (Å²) >= 11 is 0. The Hall–Kier alpha value is -4.26. The number of hydrogen-bond acceptors (Lipinski definition) is 7. The summed E-state index contributed by atoms with van der Waals surface area (Å²) in [5.74, 6) is -0.367. The predicted molar refractivity (Wildman–Crippen MR) is 126 cm³/mol. The minimum atomic E-state index is -0.460. The molecule has 2 N–H and O–H groups in total. The number of hydrogen-bond donors (Lipinski definition) is 2. The summed E-state index contributed by atoms with van der Waals surface area (Å²) < 4.78 is 17.2. The van der Waals surface area contributed by atoms with Gasteiger partial charge in [0.2, 0.25) is 5.43 Å². The number of benzene rings is 3. The van der Waals surface area contributed by atoms with E-state index in [1.165, 1.54) is 24.5 Å². The van der Waals surface area contributed by atoms with Crippen molar-refractivity contribution in [2.24, 2.45) is 0 Å². The molecule has 3 aromatic carbocycles. The number of ether oxygens (including phenoxy) is 2. The molecule has 0 aliphatic carbocycles. The zero-order valence-electron chi connectivity index (χ0n) is 18.6. The Labute approximate surface area is 194 Å². The molecule has 0 bridgehead atoms. The zero-order chi connectivity index (χ0) is 24.0. The molecule has 0 fully saturated rings. The number of fused-ring (bicyclic) bond motifs is 3. The maximum absolute atomic E-state index is 13.4. The second-order valence-corrected chi connectivity index (χ2v) is 8.51. The van der Waals surface area contributed by atoms with Crippen LogP contribution in [0.5, 0.6) is 23.0 Å². The molecule has 7 heteroatoms. The molecule has 1 aliphatic rings. The van der Waals surface area contributed by atoms with Gasteiger partial charge >= 0.3 is 5.97 Å². The third-order valence-electron chi connectivity index (χ3n) is 5.78. The molecule has 0 saturated carbocycles. The standard InChI is InChI=1S/C27H22O7/c1-14(2)33-18-5-3-4-16(10-18)19-11-23(30)34-22-12-21(29)25-26(31)20(13-32-27(25)24(19)22)15-6-8-17(28)9-7-15/h3-10,12-14,19,28-29H,11H2,1-2H3. The molecular formula is C27H22O7. The van der Waals surface area contributed by atoms with Gasteiger partial charge in [-0.25, -0.2) is 0 Å². The van der Waals surface area contributed by atoms with Crippen LogP contribution in [0.25, 0.3) is 22.1 Å². The van der Waals surface area contributed by atoms with E-state index in [1.807, 2.05) is 38.1 Å². The maximum atomic E-state index is 13.4. The van der Waals surface area contributed by atoms with E-state index in [9.17, 15) is 19.8 Å². The van der Waals surface area contributed by atoms with Crippen LogP contribution in [0.15, 0.2) is 70.1 Å². The summed E-state index contributed by atoms with van der Waals surface area (Å²) in [6, 6.07) is 14.8. The third-order valence-corrected chi connectivity index (χ3v) is 5.78. The third kappa shape index (κ3) is 3.75. The van der Waals surface area contributed by atoms with E-state index in [4.69, 9.17) is 13.9 Å². The van der Waals surface area contributed by atoms with Crippen molar-refractivity contribution in [2.45, 2.75) is 32.3 Å². The van der Waals surface area contributed by atoms with Crippen molar-refractivity contribution in [3.8, 4) is 34.1 Å². The van der Waals surface area contributed by atoms with E-state index >= 15 is 0 Å². The lowest BCUT2D eigenvalue weighted by molar-refractivity contribution is -0.135. The first-order valence-corrected chi connectivity index (χ1v) is 10.9. The summed E-state index contributed by atoms with van der Waals surface area (Å²) in [7, 11) is 0. The monoisotopic (exact) mass is 458 g/mol. The molecular weight excluding hydrogens is 436 g/mol. The number of carbonyl (C=O) groups excluding carboxylic acids is 1. The lowest BCUT2D eigenvalue weighted by Gasteiger charge is -2.26. The SMILES string of the molecule is CC(C)Oc1cccc(C2CC(=O)Oc3cc(O)c4c(=O)c(-c5ccc(O)cc5)coc4c32)c1. The highest BCUT2D eigenvalue weighted by molar-refractivity contribution is 5.94. The fourth-order valence-electron chi connectivity index (χ4n) is 4.33. The zero-order valence-corrected chi connectivity index (χ0v) is 18.6. The highest BCUT2D eigenvalue weighted by atomic mass is 16.5. The van der Waals surface area contributed by atoms with Crippen LogP contribution in [0.3, 0.4) is 0 Å². The smallest absolute Gasteiger partial charge is 0.312 e. The van der Waals surface area contributed by atoms with Crippen molar-refractivity contribution < 1.29 is 28.9 Å². The Morgan fingerprint density at radius 1 is 1.03 bits per heavy atom. The molecule has 1 unspecified atom stereocenters. The van der Waals surface area contributed by atoms with E-state index in [0.717, 1.165) is 5.56 Å². The van der Waals surface area contributed by atoms with Gasteiger partial charge < -0.3 is 24.1 Å². The molecule has 1 atom stereocenters. The Kier molecular flexibility index (Phi) is 5.24. The van der Waals surface area contributed by atoms with Gasteiger partial charge in [-0.1, -0.05) is 24.3 Å². The molecule has 0 spiro atoms. The summed E-state index contributed by atoms with van der Waals surface area (Å²) in [5, 5.41) is 20.3. The fraction of sp³-hybridized carbons (Fsp3) is 0.185. The van der Waals surface area contributed by atoms with Crippen molar-refractivity contribution in [1.29, 1.82) is 0 Å². The van der Waals surface area contributed by atoms with Crippen molar-refractivity contribution in [2.75, 3.05) is 0 Å². The van der Waals surface area contributed by atoms with Gasteiger partial charge in [0.15, 0.2) is 0 Å². The van der Waals surface area contributed by atoms with E-state index < -0.39 is 17.3 Å². The Balaban J connectivity index is 1.72. The topological polar surface area (TPSA) is 106 Å². The number of phenols is 2. The van der Waals surface area contributed by atoms with Crippen LogP contribution in [0.2, 0.25) is 0 Å². The maximum Gasteiger partial charge on any atom is 0.312 e. The molecule has 2 heterocycles. The Morgan fingerprint density at radius 2 is 1.79 bits per heavy atom. The highest BCUT2D eigenvalue weighted by Crippen LogP contribution is 2.46. The van der Waals surface area contributed by atoms with Crippen LogP contribution >= 0.6 is 0 Å². The normalized spacial score (nSPS) is 15.3. The van der Waals surface area contributed by atoms with Crippen molar-refractivity contribution in [1.82, 2.24) is 0 Å². The lowest BCUT2D eigenvalue weighted by Crippen LogP contribution is -2.22. The largest absolute Gasteiger partial charge is 0.508 e. The van der Waals surface area contributed by atoms with Crippen LogP contribution in [-0.2, 0) is 4.79 Å². The number of phenolic OH excluding ortho intramolecular Hbond substituents is 2. The van der Waals surface area contributed by atoms with Gasteiger partial charge in [-0.3, -0.25) is 9.59 Å². The van der Waals surface area contributed by atoms with Gasteiger partial charge in [-0.15, -0.1) is 0 Å². The quantitative estimate of drug-likeness (QED) is 0.324. The summed E-state index contributed by atoms with van der Waals surface area (Å²) in [6.45, 7) is 3.85. The van der Waals surface area contributed by atoms with Crippen LogP contribution in [0.4, 0.5) is 0 Å². The van der Waals surface area contributed by atoms with Crippen LogP contribution in [0.1, 0.15) is 37.3 Å². The second-order valence-electron chi connectivity index (χ2n) is 8.51. The van der Waals surface area contributed by atoms with Crippen LogP contribution in [-0.4, -0.2) is 22.3 Å². The van der Waals surface area contributed by atoms with Gasteiger partial charge in [0.1, 0.15) is 40.2 Å². The molecule has 172 valence electrons. The van der Waals surface area contributed by atoms with Gasteiger partial charge in [0.05, 0.1) is 18.1 Å². The molecule has 0 amide bonds. The van der Waals surface area contributed by atoms with E-state index in [-0.39, 0.29) is 46.3 Å². The van der Waals surface area contributed by atoms with Gasteiger partial charge in [0, 0.05) is 17.5 Å². The second kappa shape index (κ2) is 8.26. The van der Waals surface area contributed by atoms with E-state index in [2.05, 4.69) is 0 Å². The molecule has 1 aliphatic heterocycles. The predicted octanol–water partition coefficient (Wildman–Crippen LogP) is 5.10. The highest BCUT2D eigenvalue weighted by Gasteiger charge is 2.34. The summed E-state index contributed by atoms with van der Waals surface area (Å²) in [5.41, 5.74) is 1.82. The fourth-order valence-corrected chi connectivity index (χ4v) is 4.33. The lowest BCUT2D eigenvalue weighted by atomic mass is 9.85. The first-order chi connectivity index (χ1) is 16.3. The molecule has 0 saturated heterocycles. The first kappa shape index (κ1) is 21.6. The molecule has 1 aromatic heterocycles. The number of rotatable bonds is 4. The van der Waals surface area contributed by atoms with Gasteiger partial charge in [-0.05, 0) is 49.2 Å². The van der Waals surface area contributed by atoms with Crippen LogP contribution < -0.4 is 14.9 Å². The molecule has 4 aromatic rings. The van der Waals surface area contributed by atoms with Gasteiger partial charge in [-0.2, -0.15) is 0 Å². The summed E-state index contributed by atoms with van der Waals surface area (Å²) in [6.07, 6.45) is 1.34. The van der Waals surface area contributed by atoms with Crippen molar-refractivity contribution in [3.05, 3.63) is 82.2 Å². The number of carbonyl (C=O) groups is 1. The molecule has 34 heavy (non-hydrogen) atoms. The average molecular weight is 458 g/mol. The van der Waals surface area contributed by atoms with Crippen molar-refractivity contribution in [3.63, 3.8) is 0 Å². The minimum absolute atomic E-state index is 0.00172. The Morgan fingerprint density at radius 3 is 2.53 bits per heavy atom. The Bertz CT molecular complexity index is 1470. The minimum Gasteiger partial charge on any atom is -0.508 e. The van der Waals surface area contributed by atoms with E-state index in [1.54, 1.807) is 12.1 Å². The van der Waals surface area contributed by atoms with Crippen molar-refractivity contribution >= 4 is 16.9 Å². The first-order valence-electron chi connectivity index (χ1n) is 10.9. The van der Waals surface area contributed by atoms with Crippen LogP contribution in [0, 0.1) is 0 Å². The summed E-state index contributed by atoms with van der Waals surface area (Å²) in [4.78, 5) is 25.8. The van der Waals surface area contributed by atoms with Gasteiger partial charge in [0.25, 0.3) is 0 Å². The molecule has 5 rings (SSSR count).